The van der Waals surface area contributed by atoms with Gasteiger partial charge in [-0.15, -0.1) is 0 Å². The van der Waals surface area contributed by atoms with Crippen LogP contribution in [0.5, 0.6) is 0 Å². The largest absolute Gasteiger partial charge is 0.353 e. The van der Waals surface area contributed by atoms with Crippen molar-refractivity contribution >= 4 is 34.9 Å². The number of halogens is 1. The number of hydrogen-bond donors (Lipinski definition) is 2. The van der Waals surface area contributed by atoms with Crippen LogP contribution in [0.15, 0.2) is 36.8 Å². The van der Waals surface area contributed by atoms with E-state index in [0.29, 0.717) is 42.4 Å². The lowest BCUT2D eigenvalue weighted by Crippen LogP contribution is -2.54. The number of rotatable bonds is 5. The van der Waals surface area contributed by atoms with Gasteiger partial charge in [0.25, 0.3) is 0 Å². The zero-order valence-corrected chi connectivity index (χ0v) is 17.7. The highest BCUT2D eigenvalue weighted by Crippen LogP contribution is 2.32. The number of imidazole rings is 1. The molecule has 10 heteroatoms. The van der Waals surface area contributed by atoms with E-state index in [1.807, 2.05) is 28.8 Å². The molecule has 0 spiro atoms. The third-order valence-corrected chi connectivity index (χ3v) is 6.83. The molecule has 2 N–H and O–H groups in total. The Morgan fingerprint density at radius 1 is 1.16 bits per heavy atom. The average Bonchev–Trinajstić information content (AvgIpc) is 3.27. The van der Waals surface area contributed by atoms with E-state index in [0.717, 1.165) is 36.9 Å². The number of nitrogens with zero attached hydrogens (tertiary/aromatic N) is 6. The standard InChI is InChI=1S/C21H23ClN8O/c22-16-8-26-21(29-9-13-5-23-17(13)12-29)27-19(16)28-10-14(11-28)20(31)25-7-15-6-24-18-3-1-2-4-30(15)18/h1-4,6,8,13-14,17,23H,5,7,9-12H2,(H,25,31). The van der Waals surface area contributed by atoms with E-state index in [2.05, 4.69) is 30.4 Å². The Labute approximate surface area is 184 Å². The van der Waals surface area contributed by atoms with Crippen LogP contribution in [0.25, 0.3) is 5.65 Å². The Morgan fingerprint density at radius 2 is 2.06 bits per heavy atom. The topological polar surface area (TPSA) is 90.7 Å². The van der Waals surface area contributed by atoms with Crippen LogP contribution in [0.3, 0.4) is 0 Å². The van der Waals surface area contributed by atoms with Crippen LogP contribution in [0.4, 0.5) is 11.8 Å². The number of pyridine rings is 1. The summed E-state index contributed by atoms with van der Waals surface area (Å²) in [5.74, 6) is 2.07. The quantitative estimate of drug-likeness (QED) is 0.612. The first-order chi connectivity index (χ1) is 15.2. The Balaban J connectivity index is 1.07. The van der Waals surface area contributed by atoms with Gasteiger partial charge in [-0.1, -0.05) is 17.7 Å². The normalized spacial score (nSPS) is 22.9. The van der Waals surface area contributed by atoms with Gasteiger partial charge in [0.05, 0.1) is 30.6 Å². The predicted octanol–water partition coefficient (Wildman–Crippen LogP) is 0.938. The van der Waals surface area contributed by atoms with E-state index in [4.69, 9.17) is 16.6 Å². The lowest BCUT2D eigenvalue weighted by atomic mass is 9.96. The fourth-order valence-corrected chi connectivity index (χ4v) is 4.80. The highest BCUT2D eigenvalue weighted by atomic mass is 35.5. The van der Waals surface area contributed by atoms with Crippen LogP contribution < -0.4 is 20.4 Å². The fraction of sp³-hybridized carbons (Fsp3) is 0.429. The van der Waals surface area contributed by atoms with Crippen molar-refractivity contribution in [1.82, 2.24) is 30.0 Å². The Hall–Kier alpha value is -2.91. The summed E-state index contributed by atoms with van der Waals surface area (Å²) in [5, 5.41) is 7.00. The van der Waals surface area contributed by atoms with E-state index in [1.54, 1.807) is 12.4 Å². The number of fused-ring (bicyclic) bond motifs is 2. The number of carbonyl (C=O) groups excluding carboxylic acids is 1. The highest BCUT2D eigenvalue weighted by molar-refractivity contribution is 6.32. The predicted molar refractivity (Wildman–Crippen MR) is 117 cm³/mol. The van der Waals surface area contributed by atoms with Gasteiger partial charge in [0, 0.05) is 50.9 Å². The summed E-state index contributed by atoms with van der Waals surface area (Å²) in [7, 11) is 0. The number of anilines is 2. The molecule has 160 valence electrons. The van der Waals surface area contributed by atoms with E-state index in [1.165, 1.54) is 0 Å². The molecule has 0 aliphatic carbocycles. The summed E-state index contributed by atoms with van der Waals surface area (Å²) in [6.45, 7) is 4.63. The van der Waals surface area contributed by atoms with Crippen molar-refractivity contribution in [3.05, 3.63) is 47.5 Å². The Bertz CT molecular complexity index is 1130. The van der Waals surface area contributed by atoms with Gasteiger partial charge >= 0.3 is 0 Å². The van der Waals surface area contributed by atoms with Crippen molar-refractivity contribution in [2.24, 2.45) is 11.8 Å². The number of hydrogen-bond acceptors (Lipinski definition) is 7. The highest BCUT2D eigenvalue weighted by Gasteiger charge is 2.40. The molecule has 2 unspecified atom stereocenters. The van der Waals surface area contributed by atoms with Crippen molar-refractivity contribution in [1.29, 1.82) is 0 Å². The Morgan fingerprint density at radius 3 is 2.84 bits per heavy atom. The number of aromatic nitrogens is 4. The summed E-state index contributed by atoms with van der Waals surface area (Å²) in [5.41, 5.74) is 1.83. The molecule has 0 radical (unpaired) electrons. The third kappa shape index (κ3) is 3.28. The van der Waals surface area contributed by atoms with Crippen molar-refractivity contribution < 1.29 is 4.79 Å². The monoisotopic (exact) mass is 438 g/mol. The molecule has 0 bridgehead atoms. The molecule has 6 rings (SSSR count). The van der Waals surface area contributed by atoms with Gasteiger partial charge in [-0.2, -0.15) is 4.98 Å². The number of amides is 1. The van der Waals surface area contributed by atoms with E-state index < -0.39 is 0 Å². The van der Waals surface area contributed by atoms with Gasteiger partial charge in [0.2, 0.25) is 11.9 Å². The lowest BCUT2D eigenvalue weighted by Gasteiger charge is -2.39. The second kappa shape index (κ2) is 7.35. The lowest BCUT2D eigenvalue weighted by molar-refractivity contribution is -0.125. The minimum Gasteiger partial charge on any atom is -0.353 e. The molecule has 0 saturated carbocycles. The maximum Gasteiger partial charge on any atom is 0.227 e. The molecule has 2 atom stereocenters. The van der Waals surface area contributed by atoms with Crippen LogP contribution in [0.1, 0.15) is 5.69 Å². The fourth-order valence-electron chi connectivity index (χ4n) is 4.59. The second-order valence-corrected chi connectivity index (χ2v) is 8.93. The van der Waals surface area contributed by atoms with Crippen LogP contribution >= 0.6 is 11.6 Å². The van der Waals surface area contributed by atoms with Gasteiger partial charge in [0.15, 0.2) is 5.82 Å². The minimum absolute atomic E-state index is 0.0368. The van der Waals surface area contributed by atoms with E-state index in [9.17, 15) is 4.79 Å². The van der Waals surface area contributed by atoms with Crippen LogP contribution in [0, 0.1) is 11.8 Å². The first-order valence-electron chi connectivity index (χ1n) is 10.6. The van der Waals surface area contributed by atoms with Crippen LogP contribution in [0.2, 0.25) is 5.02 Å². The summed E-state index contributed by atoms with van der Waals surface area (Å²) in [6.07, 6.45) is 5.42. The van der Waals surface area contributed by atoms with Crippen molar-refractivity contribution in [2.75, 3.05) is 42.5 Å². The molecule has 3 aliphatic heterocycles. The molecular weight excluding hydrogens is 416 g/mol. The maximum atomic E-state index is 12.6. The molecule has 6 heterocycles. The van der Waals surface area contributed by atoms with Gasteiger partial charge in [-0.3, -0.25) is 4.79 Å². The summed E-state index contributed by atoms with van der Waals surface area (Å²) < 4.78 is 1.98. The molecule has 1 amide bonds. The van der Waals surface area contributed by atoms with Gasteiger partial charge in [0.1, 0.15) is 10.7 Å². The first-order valence-corrected chi connectivity index (χ1v) is 11.0. The summed E-state index contributed by atoms with van der Waals surface area (Å²) in [4.78, 5) is 30.4. The second-order valence-electron chi connectivity index (χ2n) is 8.52. The van der Waals surface area contributed by atoms with Gasteiger partial charge in [-0.25, -0.2) is 9.97 Å². The van der Waals surface area contributed by atoms with Crippen molar-refractivity contribution in [3.8, 4) is 0 Å². The molecule has 9 nitrogen and oxygen atoms in total. The average molecular weight is 439 g/mol. The first kappa shape index (κ1) is 18.8. The van der Waals surface area contributed by atoms with E-state index >= 15 is 0 Å². The molecule has 3 fully saturated rings. The minimum atomic E-state index is -0.0829. The van der Waals surface area contributed by atoms with Gasteiger partial charge < -0.3 is 24.8 Å². The summed E-state index contributed by atoms with van der Waals surface area (Å²) in [6, 6.07) is 6.39. The molecule has 3 saturated heterocycles. The molecule has 3 aliphatic rings. The van der Waals surface area contributed by atoms with E-state index in [-0.39, 0.29) is 11.8 Å². The number of nitrogens with one attached hydrogen (secondary N) is 2. The molecule has 31 heavy (non-hydrogen) atoms. The smallest absolute Gasteiger partial charge is 0.227 e. The number of carbonyl (C=O) groups is 1. The van der Waals surface area contributed by atoms with Crippen molar-refractivity contribution in [3.63, 3.8) is 0 Å². The third-order valence-electron chi connectivity index (χ3n) is 6.57. The zero-order valence-electron chi connectivity index (χ0n) is 16.9. The summed E-state index contributed by atoms with van der Waals surface area (Å²) >= 11 is 6.38. The van der Waals surface area contributed by atoms with Crippen LogP contribution in [-0.4, -0.2) is 64.0 Å². The van der Waals surface area contributed by atoms with Crippen LogP contribution in [-0.2, 0) is 11.3 Å². The maximum absolute atomic E-state index is 12.6. The molecule has 3 aromatic heterocycles. The van der Waals surface area contributed by atoms with Crippen molar-refractivity contribution in [2.45, 2.75) is 12.6 Å². The molecule has 0 aromatic carbocycles. The SMILES string of the molecule is O=C(NCc1cnc2ccccn12)C1CN(c2nc(N3CC4CNC4C3)ncc2Cl)C1. The Kier molecular flexibility index (Phi) is 4.46. The zero-order chi connectivity index (χ0) is 20.9. The molecular formula is C21H23ClN8O. The molecule has 3 aromatic rings. The van der Waals surface area contributed by atoms with Gasteiger partial charge in [-0.05, 0) is 12.1 Å².